The minimum atomic E-state index is -0.971. The number of aromatic carboxylic acids is 1. The van der Waals surface area contributed by atoms with Gasteiger partial charge in [-0.05, 0) is 49.2 Å². The Morgan fingerprint density at radius 3 is 2.38 bits per heavy atom. The van der Waals surface area contributed by atoms with E-state index in [1.807, 2.05) is 6.07 Å². The number of nitrogens with one attached hydrogen (secondary N) is 1. The second-order valence-corrected chi connectivity index (χ2v) is 7.78. The summed E-state index contributed by atoms with van der Waals surface area (Å²) in [6, 6.07) is 11.8. The molecule has 0 radical (unpaired) electrons. The largest absolute Gasteiger partial charge is 0.478 e. The lowest BCUT2D eigenvalue weighted by Crippen LogP contribution is -2.49. The molecule has 1 saturated heterocycles. The van der Waals surface area contributed by atoms with Crippen LogP contribution in [0.2, 0.25) is 5.02 Å². The zero-order valence-corrected chi connectivity index (χ0v) is 18.6. The number of carbonyl (C=O) groups is 3. The molecule has 3 rings (SSSR count). The molecule has 2 aromatic rings. The predicted octanol–water partition coefficient (Wildman–Crippen LogP) is 3.29. The van der Waals surface area contributed by atoms with Crippen LogP contribution in [-0.4, -0.2) is 67.3 Å². The van der Waals surface area contributed by atoms with Crippen LogP contribution in [-0.2, 0) is 11.2 Å². The second-order valence-electron chi connectivity index (χ2n) is 7.34. The maximum Gasteiger partial charge on any atom is 0.409 e. The highest BCUT2D eigenvalue weighted by Gasteiger charge is 2.25. The summed E-state index contributed by atoms with van der Waals surface area (Å²) in [6.07, 6.45) is 0.248. The topological polar surface area (TPSA) is 99.2 Å². The zero-order chi connectivity index (χ0) is 23.1. The van der Waals surface area contributed by atoms with E-state index in [2.05, 4.69) is 10.2 Å². The number of piperazine rings is 1. The smallest absolute Gasteiger partial charge is 0.409 e. The summed E-state index contributed by atoms with van der Waals surface area (Å²) in [4.78, 5) is 39.5. The van der Waals surface area contributed by atoms with Gasteiger partial charge in [0.25, 0.3) is 5.91 Å². The van der Waals surface area contributed by atoms with Crippen molar-refractivity contribution in [1.82, 2.24) is 10.2 Å². The predicted molar refractivity (Wildman–Crippen MR) is 122 cm³/mol. The Morgan fingerprint density at radius 2 is 1.75 bits per heavy atom. The van der Waals surface area contributed by atoms with Crippen molar-refractivity contribution in [3.63, 3.8) is 0 Å². The molecule has 2 amide bonds. The van der Waals surface area contributed by atoms with Crippen LogP contribution in [0.1, 0.15) is 33.2 Å². The number of rotatable bonds is 7. The molecule has 1 heterocycles. The molecular formula is C23H26ClN3O5. The van der Waals surface area contributed by atoms with Crippen LogP contribution in [0.3, 0.4) is 0 Å². The van der Waals surface area contributed by atoms with Gasteiger partial charge in [0.15, 0.2) is 0 Å². The molecule has 170 valence electrons. The maximum absolute atomic E-state index is 12.9. The summed E-state index contributed by atoms with van der Waals surface area (Å²) in [6.45, 7) is 4.69. The van der Waals surface area contributed by atoms with Crippen molar-refractivity contribution in [2.75, 3.05) is 44.2 Å². The number of benzene rings is 2. The van der Waals surface area contributed by atoms with Gasteiger partial charge in [0.1, 0.15) is 0 Å². The van der Waals surface area contributed by atoms with Crippen LogP contribution in [0.15, 0.2) is 42.5 Å². The number of carboxylic acids is 1. The summed E-state index contributed by atoms with van der Waals surface area (Å²) >= 11 is 6.15. The van der Waals surface area contributed by atoms with Gasteiger partial charge in [0.2, 0.25) is 0 Å². The molecule has 9 heteroatoms. The van der Waals surface area contributed by atoms with Crippen molar-refractivity contribution in [3.05, 3.63) is 64.2 Å². The molecule has 32 heavy (non-hydrogen) atoms. The average molecular weight is 460 g/mol. The Morgan fingerprint density at radius 1 is 1.06 bits per heavy atom. The first-order valence-corrected chi connectivity index (χ1v) is 10.8. The van der Waals surface area contributed by atoms with Crippen molar-refractivity contribution in [2.45, 2.75) is 13.3 Å². The van der Waals surface area contributed by atoms with Gasteiger partial charge in [-0.1, -0.05) is 23.7 Å². The standard InChI is InChI=1S/C23H26ClN3O5/c1-2-32-23(31)27-13-11-26(12-14-27)20-8-7-18(24)15-19(20)21(28)25-10-9-16-3-5-17(6-4-16)22(29)30/h3-8,15H,2,9-14H2,1H3,(H,25,28)(H,29,30). The van der Waals surface area contributed by atoms with E-state index in [1.54, 1.807) is 48.2 Å². The molecule has 0 unspecified atom stereocenters. The third-order valence-electron chi connectivity index (χ3n) is 5.25. The van der Waals surface area contributed by atoms with Gasteiger partial charge in [0.05, 0.1) is 17.7 Å². The molecule has 0 spiro atoms. The van der Waals surface area contributed by atoms with Crippen molar-refractivity contribution in [3.8, 4) is 0 Å². The van der Waals surface area contributed by atoms with Gasteiger partial charge in [-0.15, -0.1) is 0 Å². The third-order valence-corrected chi connectivity index (χ3v) is 5.48. The van der Waals surface area contributed by atoms with Gasteiger partial charge < -0.3 is 25.0 Å². The van der Waals surface area contributed by atoms with Crippen LogP contribution < -0.4 is 10.2 Å². The van der Waals surface area contributed by atoms with Gasteiger partial charge in [-0.2, -0.15) is 0 Å². The Bertz CT molecular complexity index is 972. The summed E-state index contributed by atoms with van der Waals surface area (Å²) in [5.74, 6) is -1.21. The van der Waals surface area contributed by atoms with Crippen molar-refractivity contribution in [1.29, 1.82) is 0 Å². The first-order valence-electron chi connectivity index (χ1n) is 10.5. The van der Waals surface area contributed by atoms with Crippen LogP contribution in [0.4, 0.5) is 10.5 Å². The first kappa shape index (κ1) is 23.4. The third kappa shape index (κ3) is 5.91. The molecule has 1 aliphatic rings. The lowest BCUT2D eigenvalue weighted by atomic mass is 10.1. The molecule has 0 aromatic heterocycles. The van der Waals surface area contributed by atoms with E-state index in [-0.39, 0.29) is 17.6 Å². The fourth-order valence-corrected chi connectivity index (χ4v) is 3.71. The zero-order valence-electron chi connectivity index (χ0n) is 17.8. The van der Waals surface area contributed by atoms with Gasteiger partial charge in [-0.3, -0.25) is 4.79 Å². The number of carboxylic acid groups (broad SMARTS) is 1. The summed E-state index contributed by atoms with van der Waals surface area (Å²) < 4.78 is 5.06. The molecule has 1 fully saturated rings. The van der Waals surface area contributed by atoms with Crippen LogP contribution >= 0.6 is 11.6 Å². The van der Waals surface area contributed by atoms with E-state index in [0.717, 1.165) is 11.3 Å². The van der Waals surface area contributed by atoms with Crippen molar-refractivity contribution in [2.24, 2.45) is 0 Å². The summed E-state index contributed by atoms with van der Waals surface area (Å²) in [7, 11) is 0. The summed E-state index contributed by atoms with van der Waals surface area (Å²) in [5, 5.41) is 12.4. The minimum absolute atomic E-state index is 0.226. The molecule has 1 aliphatic heterocycles. The van der Waals surface area contributed by atoms with Crippen LogP contribution in [0.5, 0.6) is 0 Å². The highest BCUT2D eigenvalue weighted by molar-refractivity contribution is 6.31. The first-order chi connectivity index (χ1) is 15.4. The lowest BCUT2D eigenvalue weighted by Gasteiger charge is -2.36. The molecule has 8 nitrogen and oxygen atoms in total. The SMILES string of the molecule is CCOC(=O)N1CCN(c2ccc(Cl)cc2C(=O)NCCc2ccc(C(=O)O)cc2)CC1. The fourth-order valence-electron chi connectivity index (χ4n) is 3.54. The molecular weight excluding hydrogens is 434 g/mol. The monoisotopic (exact) mass is 459 g/mol. The van der Waals surface area contributed by atoms with E-state index in [9.17, 15) is 14.4 Å². The van der Waals surface area contributed by atoms with E-state index in [4.69, 9.17) is 21.4 Å². The van der Waals surface area contributed by atoms with Crippen LogP contribution in [0, 0.1) is 0 Å². The van der Waals surface area contributed by atoms with E-state index >= 15 is 0 Å². The van der Waals surface area contributed by atoms with Crippen molar-refractivity contribution >= 4 is 35.3 Å². The molecule has 0 bridgehead atoms. The average Bonchev–Trinajstić information content (AvgIpc) is 2.79. The quantitative estimate of drug-likeness (QED) is 0.659. The Labute approximate surface area is 191 Å². The number of nitrogens with zero attached hydrogens (tertiary/aromatic N) is 2. The van der Waals surface area contributed by atoms with Gasteiger partial charge >= 0.3 is 12.1 Å². The highest BCUT2D eigenvalue weighted by Crippen LogP contribution is 2.26. The molecule has 0 saturated carbocycles. The van der Waals surface area contributed by atoms with Crippen molar-refractivity contribution < 1.29 is 24.2 Å². The van der Waals surface area contributed by atoms with Gasteiger partial charge in [0, 0.05) is 43.4 Å². The Balaban J connectivity index is 1.61. The number of hydrogen-bond acceptors (Lipinski definition) is 5. The molecule has 2 aromatic carbocycles. The number of anilines is 1. The minimum Gasteiger partial charge on any atom is -0.478 e. The number of ether oxygens (including phenoxy) is 1. The van der Waals surface area contributed by atoms with Crippen LogP contribution in [0.25, 0.3) is 0 Å². The van der Waals surface area contributed by atoms with E-state index in [0.29, 0.717) is 56.3 Å². The number of carbonyl (C=O) groups excluding carboxylic acids is 2. The molecule has 0 atom stereocenters. The number of amides is 2. The van der Waals surface area contributed by atoms with Gasteiger partial charge in [-0.25, -0.2) is 9.59 Å². The summed E-state index contributed by atoms with van der Waals surface area (Å²) in [5.41, 5.74) is 2.39. The molecule has 0 aliphatic carbocycles. The number of hydrogen-bond donors (Lipinski definition) is 2. The Kier molecular flexibility index (Phi) is 7.94. The highest BCUT2D eigenvalue weighted by atomic mass is 35.5. The van der Waals surface area contributed by atoms with E-state index in [1.165, 1.54) is 0 Å². The maximum atomic E-state index is 12.9. The van der Waals surface area contributed by atoms with E-state index < -0.39 is 5.97 Å². The second kappa shape index (κ2) is 10.9. The normalized spacial score (nSPS) is 13.6. The lowest BCUT2D eigenvalue weighted by molar-refractivity contribution is 0.0696. The fraction of sp³-hybridized carbons (Fsp3) is 0.348. The number of halogens is 1. The Hall–Kier alpha value is -3.26. The molecule has 2 N–H and O–H groups in total.